The number of hydrogen-bond donors (Lipinski definition) is 2. The molecule has 0 saturated carbocycles. The second-order valence-corrected chi connectivity index (χ2v) is 7.25. The third-order valence-corrected chi connectivity index (χ3v) is 4.79. The molecule has 1 aliphatic rings. The molecular formula is C20H31N3O5. The van der Waals surface area contributed by atoms with Crippen LogP contribution in [-0.4, -0.2) is 76.4 Å². The average molecular weight is 393 g/mol. The lowest BCUT2D eigenvalue weighted by atomic mass is 10.0. The van der Waals surface area contributed by atoms with E-state index in [-0.39, 0.29) is 36.5 Å². The van der Waals surface area contributed by atoms with Gasteiger partial charge in [-0.1, -0.05) is 6.92 Å². The number of methoxy groups -OCH3 is 2. The van der Waals surface area contributed by atoms with Crippen molar-refractivity contribution < 1.29 is 23.8 Å². The van der Waals surface area contributed by atoms with Crippen LogP contribution < -0.4 is 15.4 Å². The highest BCUT2D eigenvalue weighted by molar-refractivity contribution is 5.98. The van der Waals surface area contributed by atoms with Crippen molar-refractivity contribution in [3.63, 3.8) is 0 Å². The van der Waals surface area contributed by atoms with Gasteiger partial charge in [-0.2, -0.15) is 0 Å². The largest absolute Gasteiger partial charge is 0.491 e. The Morgan fingerprint density at radius 2 is 2.11 bits per heavy atom. The molecular weight excluding hydrogens is 362 g/mol. The predicted molar refractivity (Wildman–Crippen MR) is 107 cm³/mol. The normalized spacial score (nSPS) is 23.8. The number of amides is 2. The molecule has 2 amide bonds. The maximum Gasteiger partial charge on any atom is 0.257 e. The molecule has 0 saturated heterocycles. The van der Waals surface area contributed by atoms with Crippen LogP contribution in [0.1, 0.15) is 24.2 Å². The zero-order valence-corrected chi connectivity index (χ0v) is 17.3. The molecule has 1 aromatic carbocycles. The molecule has 28 heavy (non-hydrogen) atoms. The molecule has 1 heterocycles. The maximum absolute atomic E-state index is 13.0. The van der Waals surface area contributed by atoms with Crippen LogP contribution in [0, 0.1) is 5.92 Å². The molecule has 0 aromatic heterocycles. The van der Waals surface area contributed by atoms with Crippen molar-refractivity contribution in [1.82, 2.24) is 10.2 Å². The van der Waals surface area contributed by atoms with E-state index in [1.165, 1.54) is 7.11 Å². The molecule has 8 nitrogen and oxygen atoms in total. The Balaban J connectivity index is 2.31. The Bertz CT molecular complexity index is 682. The van der Waals surface area contributed by atoms with Crippen molar-refractivity contribution in [3.05, 3.63) is 23.8 Å². The highest BCUT2D eigenvalue weighted by Crippen LogP contribution is 2.26. The van der Waals surface area contributed by atoms with E-state index in [1.807, 2.05) is 6.92 Å². The molecule has 0 bridgehead atoms. The molecule has 0 spiro atoms. The van der Waals surface area contributed by atoms with E-state index < -0.39 is 0 Å². The van der Waals surface area contributed by atoms with E-state index in [0.29, 0.717) is 30.2 Å². The minimum Gasteiger partial charge on any atom is -0.491 e. The molecule has 156 valence electrons. The van der Waals surface area contributed by atoms with E-state index in [1.54, 1.807) is 37.3 Å². The van der Waals surface area contributed by atoms with E-state index in [0.717, 1.165) is 6.54 Å². The summed E-state index contributed by atoms with van der Waals surface area (Å²) in [6, 6.07) is 5.12. The first-order valence-electron chi connectivity index (χ1n) is 9.43. The van der Waals surface area contributed by atoms with E-state index in [4.69, 9.17) is 14.2 Å². The van der Waals surface area contributed by atoms with E-state index in [2.05, 4.69) is 17.6 Å². The van der Waals surface area contributed by atoms with Gasteiger partial charge in [-0.05, 0) is 25.0 Å². The lowest BCUT2D eigenvalue weighted by molar-refractivity contribution is -0.119. The Labute approximate surface area is 166 Å². The zero-order valence-electron chi connectivity index (χ0n) is 17.3. The van der Waals surface area contributed by atoms with Crippen molar-refractivity contribution in [2.75, 3.05) is 52.9 Å². The molecule has 2 rings (SSSR count). The molecule has 1 aliphatic heterocycles. The Kier molecular flexibility index (Phi) is 8.22. The third-order valence-electron chi connectivity index (χ3n) is 4.79. The number of nitrogens with zero attached hydrogens (tertiary/aromatic N) is 1. The second kappa shape index (κ2) is 10.4. The van der Waals surface area contributed by atoms with Gasteiger partial charge in [0.1, 0.15) is 19.0 Å². The van der Waals surface area contributed by atoms with Gasteiger partial charge in [0.15, 0.2) is 0 Å². The average Bonchev–Trinajstić information content (AvgIpc) is 2.67. The quantitative estimate of drug-likeness (QED) is 0.803. The number of nitrogens with one attached hydrogen (secondary N) is 2. The lowest BCUT2D eigenvalue weighted by Crippen LogP contribution is -2.44. The topological polar surface area (TPSA) is 89.1 Å². The summed E-state index contributed by atoms with van der Waals surface area (Å²) < 4.78 is 16.4. The van der Waals surface area contributed by atoms with E-state index in [9.17, 15) is 9.59 Å². The van der Waals surface area contributed by atoms with Crippen LogP contribution in [0.5, 0.6) is 5.75 Å². The fourth-order valence-electron chi connectivity index (χ4n) is 3.06. The summed E-state index contributed by atoms with van der Waals surface area (Å²) in [5, 5.41) is 6.17. The Hall–Kier alpha value is -2.16. The number of fused-ring (bicyclic) bond motifs is 1. The summed E-state index contributed by atoms with van der Waals surface area (Å²) in [6.07, 6.45) is -0.0787. The number of benzene rings is 1. The third kappa shape index (κ3) is 5.92. The summed E-state index contributed by atoms with van der Waals surface area (Å²) in [7, 11) is 4.88. The fraction of sp³-hybridized carbons (Fsp3) is 0.600. The molecule has 3 atom stereocenters. The number of carbonyl (C=O) groups is 2. The van der Waals surface area contributed by atoms with Crippen molar-refractivity contribution in [2.45, 2.75) is 26.0 Å². The van der Waals surface area contributed by atoms with Gasteiger partial charge in [-0.25, -0.2) is 0 Å². The van der Waals surface area contributed by atoms with Gasteiger partial charge in [0.25, 0.3) is 5.91 Å². The minimum absolute atomic E-state index is 0.0445. The number of rotatable bonds is 4. The van der Waals surface area contributed by atoms with Gasteiger partial charge in [0, 0.05) is 52.2 Å². The Morgan fingerprint density at radius 1 is 1.36 bits per heavy atom. The summed E-state index contributed by atoms with van der Waals surface area (Å²) in [6.45, 7) is 5.70. The monoisotopic (exact) mass is 393 g/mol. The van der Waals surface area contributed by atoms with Crippen LogP contribution in [-0.2, 0) is 14.3 Å². The first-order chi connectivity index (χ1) is 13.3. The summed E-state index contributed by atoms with van der Waals surface area (Å²) in [5.74, 6) is 0.245. The van der Waals surface area contributed by atoms with Crippen LogP contribution in [0.4, 0.5) is 5.69 Å². The van der Waals surface area contributed by atoms with Gasteiger partial charge >= 0.3 is 0 Å². The maximum atomic E-state index is 13.0. The van der Waals surface area contributed by atoms with Crippen LogP contribution in [0.25, 0.3) is 0 Å². The van der Waals surface area contributed by atoms with Gasteiger partial charge in [-0.15, -0.1) is 0 Å². The summed E-state index contributed by atoms with van der Waals surface area (Å²) >= 11 is 0. The molecule has 0 aliphatic carbocycles. The second-order valence-electron chi connectivity index (χ2n) is 7.25. The van der Waals surface area contributed by atoms with Crippen molar-refractivity contribution in [1.29, 1.82) is 0 Å². The minimum atomic E-state index is -0.272. The number of hydrogen-bond acceptors (Lipinski definition) is 6. The highest BCUT2D eigenvalue weighted by Gasteiger charge is 2.25. The standard InChI is InChI=1S/C20H31N3O5/c1-13-9-21-14(2)11-28-17-8-15(22-19(24)12-26-4)6-7-16(17)20(25)23(3)10-18(13)27-5/h6-8,13-14,18,21H,9-12H2,1-5H3,(H,22,24)/t13-,14-,18+/m1/s1. The molecule has 2 N–H and O–H groups in total. The van der Waals surface area contributed by atoms with Crippen molar-refractivity contribution >= 4 is 17.5 Å². The van der Waals surface area contributed by atoms with E-state index >= 15 is 0 Å². The van der Waals surface area contributed by atoms with Gasteiger partial charge < -0.3 is 29.7 Å². The SMILES string of the molecule is COCC(=O)Nc1ccc2c(c1)OC[C@@H](C)NC[C@@H](C)[C@@H](OC)CN(C)C2=O. The molecule has 0 fully saturated rings. The van der Waals surface area contributed by atoms with Crippen LogP contribution in [0.2, 0.25) is 0 Å². The number of anilines is 1. The zero-order chi connectivity index (χ0) is 20.7. The van der Waals surface area contributed by atoms with Crippen LogP contribution >= 0.6 is 0 Å². The number of ether oxygens (including phenoxy) is 3. The smallest absolute Gasteiger partial charge is 0.257 e. The van der Waals surface area contributed by atoms with Crippen LogP contribution in [0.3, 0.4) is 0 Å². The van der Waals surface area contributed by atoms with Crippen molar-refractivity contribution in [2.24, 2.45) is 5.92 Å². The lowest BCUT2D eigenvalue weighted by Gasteiger charge is -2.30. The fourth-order valence-corrected chi connectivity index (χ4v) is 3.06. The number of likely N-dealkylation sites (N-methyl/N-ethyl adjacent to an activating group) is 1. The molecule has 1 aromatic rings. The summed E-state index contributed by atoms with van der Waals surface area (Å²) in [4.78, 5) is 26.4. The van der Waals surface area contributed by atoms with Crippen molar-refractivity contribution in [3.8, 4) is 5.75 Å². The first-order valence-corrected chi connectivity index (χ1v) is 9.43. The van der Waals surface area contributed by atoms with Gasteiger partial charge in [0.05, 0.1) is 11.7 Å². The van der Waals surface area contributed by atoms with Gasteiger partial charge in [0.2, 0.25) is 5.91 Å². The predicted octanol–water partition coefficient (Wildman–Crippen LogP) is 1.37. The number of carbonyl (C=O) groups excluding carboxylic acids is 2. The van der Waals surface area contributed by atoms with Crippen LogP contribution in [0.15, 0.2) is 18.2 Å². The first kappa shape index (κ1) is 22.1. The summed E-state index contributed by atoms with van der Waals surface area (Å²) in [5.41, 5.74) is 0.995. The molecule has 0 radical (unpaired) electrons. The Morgan fingerprint density at radius 3 is 2.79 bits per heavy atom. The van der Waals surface area contributed by atoms with Gasteiger partial charge in [-0.3, -0.25) is 9.59 Å². The molecule has 8 heteroatoms. The highest BCUT2D eigenvalue weighted by atomic mass is 16.5. The molecule has 0 unspecified atom stereocenters.